The largest absolute Gasteiger partial charge is 0.344 e. The molecule has 0 amide bonds. The molecule has 0 aliphatic heterocycles. The van der Waals surface area contributed by atoms with Crippen molar-refractivity contribution in [3.8, 4) is 22.4 Å². The topological polar surface area (TPSA) is 106 Å². The summed E-state index contributed by atoms with van der Waals surface area (Å²) in [4.78, 5) is 16.9. The smallest absolute Gasteiger partial charge is 0.232 e. The van der Waals surface area contributed by atoms with Crippen LogP contribution in [0.2, 0.25) is 0 Å². The molecule has 156 valence electrons. The van der Waals surface area contributed by atoms with E-state index in [0.717, 1.165) is 33.2 Å². The van der Waals surface area contributed by atoms with E-state index in [1.54, 1.807) is 37.6 Å². The first-order valence-electron chi connectivity index (χ1n) is 9.80. The summed E-state index contributed by atoms with van der Waals surface area (Å²) in [6.45, 7) is 1.60. The number of anilines is 1. The molecule has 0 fully saturated rings. The highest BCUT2D eigenvalue weighted by Gasteiger charge is 2.13. The fourth-order valence-electron chi connectivity index (χ4n) is 3.54. The number of hydrogen-bond donors (Lipinski definition) is 2. The molecule has 0 aliphatic carbocycles. The van der Waals surface area contributed by atoms with Gasteiger partial charge in [-0.05, 0) is 36.8 Å². The number of H-pyrrole nitrogens is 1. The highest BCUT2D eigenvalue weighted by atomic mass is 32.2. The third-order valence-electron chi connectivity index (χ3n) is 5.23. The number of nitrogens with one attached hydrogen (secondary N) is 2. The maximum atomic E-state index is 11.9. The van der Waals surface area contributed by atoms with Crippen LogP contribution in [0.5, 0.6) is 0 Å². The summed E-state index contributed by atoms with van der Waals surface area (Å²) in [5, 5.41) is 0. The lowest BCUT2D eigenvalue weighted by molar-refractivity contribution is 0.602. The number of sulfonamides is 1. The quantitative estimate of drug-likeness (QED) is 0.438. The lowest BCUT2D eigenvalue weighted by atomic mass is 10.1. The number of aryl methyl sites for hydroxylation is 1. The van der Waals surface area contributed by atoms with E-state index in [2.05, 4.69) is 25.7 Å². The maximum absolute atomic E-state index is 11.9. The van der Waals surface area contributed by atoms with Gasteiger partial charge in [0, 0.05) is 30.1 Å². The lowest BCUT2D eigenvalue weighted by Gasteiger charge is -2.08. The van der Waals surface area contributed by atoms with Crippen molar-refractivity contribution in [3.05, 3.63) is 61.2 Å². The Labute approximate surface area is 179 Å². The van der Waals surface area contributed by atoms with Gasteiger partial charge in [0.1, 0.15) is 5.52 Å². The third kappa shape index (κ3) is 3.53. The fraction of sp³-hybridized carbons (Fsp3) is 0.136. The van der Waals surface area contributed by atoms with Gasteiger partial charge in [0.05, 0.1) is 35.0 Å². The molecule has 2 aromatic carbocycles. The number of hydrogen-bond acceptors (Lipinski definition) is 5. The summed E-state index contributed by atoms with van der Waals surface area (Å²) < 4.78 is 28.4. The number of benzene rings is 2. The molecular weight excluding hydrogens is 412 g/mol. The normalized spacial score (nSPS) is 11.9. The van der Waals surface area contributed by atoms with Gasteiger partial charge in [-0.25, -0.2) is 23.4 Å². The first-order valence-corrected chi connectivity index (χ1v) is 11.5. The molecule has 0 aliphatic rings. The summed E-state index contributed by atoms with van der Waals surface area (Å²) >= 11 is 0. The summed E-state index contributed by atoms with van der Waals surface area (Å²) in [6.07, 6.45) is 5.37. The Morgan fingerprint density at radius 1 is 1.10 bits per heavy atom. The van der Waals surface area contributed by atoms with Gasteiger partial charge in [0.2, 0.25) is 10.0 Å². The number of imidazole rings is 1. The molecule has 5 aromatic rings. The monoisotopic (exact) mass is 432 g/mol. The van der Waals surface area contributed by atoms with Gasteiger partial charge in [-0.1, -0.05) is 18.2 Å². The second-order valence-corrected chi connectivity index (χ2v) is 9.31. The third-order valence-corrected chi connectivity index (χ3v) is 6.54. The molecule has 2 N–H and O–H groups in total. The van der Waals surface area contributed by atoms with Crippen molar-refractivity contribution in [1.82, 2.24) is 24.5 Å². The summed E-state index contributed by atoms with van der Waals surface area (Å²) in [5.41, 5.74) is 7.29. The highest BCUT2D eigenvalue weighted by Crippen LogP contribution is 2.30. The predicted molar refractivity (Wildman–Crippen MR) is 122 cm³/mol. The van der Waals surface area contributed by atoms with Crippen LogP contribution in [0, 0.1) is 0 Å². The lowest BCUT2D eigenvalue weighted by Crippen LogP contribution is -2.14. The SMILES string of the molecule is CCS(=O)(=O)Nc1cccc(-c2cnc3[nH]cc(-c4ccc5ncn(C)c5c4)c3n2)c1. The highest BCUT2D eigenvalue weighted by molar-refractivity contribution is 7.92. The Morgan fingerprint density at radius 2 is 1.97 bits per heavy atom. The van der Waals surface area contributed by atoms with Crippen LogP contribution in [0.4, 0.5) is 5.69 Å². The number of fused-ring (bicyclic) bond motifs is 2. The van der Waals surface area contributed by atoms with Crippen molar-refractivity contribution in [2.75, 3.05) is 10.5 Å². The van der Waals surface area contributed by atoms with Crippen molar-refractivity contribution in [2.45, 2.75) is 6.92 Å². The number of nitrogens with zero attached hydrogens (tertiary/aromatic N) is 4. The first kappa shape index (κ1) is 19.3. The zero-order valence-electron chi connectivity index (χ0n) is 17.0. The van der Waals surface area contributed by atoms with Crippen LogP contribution in [0.25, 0.3) is 44.6 Å². The molecule has 0 bridgehead atoms. The minimum absolute atomic E-state index is 0.0106. The molecule has 3 aromatic heterocycles. The average Bonchev–Trinajstić information content (AvgIpc) is 3.36. The van der Waals surface area contributed by atoms with Crippen LogP contribution in [0.3, 0.4) is 0 Å². The maximum Gasteiger partial charge on any atom is 0.232 e. The van der Waals surface area contributed by atoms with Crippen molar-refractivity contribution in [2.24, 2.45) is 7.05 Å². The Hall–Kier alpha value is -3.72. The predicted octanol–water partition coefficient (Wildman–Crippen LogP) is 3.94. The average molecular weight is 433 g/mol. The van der Waals surface area contributed by atoms with Gasteiger partial charge < -0.3 is 9.55 Å². The van der Waals surface area contributed by atoms with Gasteiger partial charge in [0.15, 0.2) is 5.65 Å². The Morgan fingerprint density at radius 3 is 2.81 bits per heavy atom. The molecule has 0 saturated heterocycles. The van der Waals surface area contributed by atoms with Crippen molar-refractivity contribution >= 4 is 37.9 Å². The second-order valence-electron chi connectivity index (χ2n) is 7.30. The van der Waals surface area contributed by atoms with E-state index in [4.69, 9.17) is 4.98 Å². The Balaban J connectivity index is 1.58. The van der Waals surface area contributed by atoms with Crippen molar-refractivity contribution in [3.63, 3.8) is 0 Å². The molecule has 0 atom stereocenters. The standard InChI is InChI=1S/C22H20N6O2S/c1-3-31(29,30)27-16-6-4-5-15(9-16)19-12-24-22-21(26-19)17(11-23-22)14-7-8-18-20(10-14)28(2)13-25-18/h4-13,27H,3H2,1-2H3,(H,23,24). The van der Waals surface area contributed by atoms with Crippen LogP contribution in [0.1, 0.15) is 6.92 Å². The van der Waals surface area contributed by atoms with E-state index < -0.39 is 10.0 Å². The molecule has 31 heavy (non-hydrogen) atoms. The van der Waals surface area contributed by atoms with E-state index in [1.165, 1.54) is 0 Å². The molecule has 0 radical (unpaired) electrons. The van der Waals surface area contributed by atoms with Crippen LogP contribution in [-0.4, -0.2) is 38.7 Å². The molecule has 9 heteroatoms. The van der Waals surface area contributed by atoms with E-state index in [1.807, 2.05) is 36.0 Å². The van der Waals surface area contributed by atoms with E-state index >= 15 is 0 Å². The van der Waals surface area contributed by atoms with Crippen molar-refractivity contribution < 1.29 is 8.42 Å². The number of rotatable bonds is 5. The second kappa shape index (κ2) is 7.21. The van der Waals surface area contributed by atoms with Gasteiger partial charge in [-0.2, -0.15) is 0 Å². The summed E-state index contributed by atoms with van der Waals surface area (Å²) in [5.74, 6) is 0.0106. The molecule has 5 rings (SSSR count). The molecular formula is C22H20N6O2S. The molecule has 0 spiro atoms. The van der Waals surface area contributed by atoms with Gasteiger partial charge in [0.25, 0.3) is 0 Å². The molecule has 0 unspecified atom stereocenters. The summed E-state index contributed by atoms with van der Waals surface area (Å²) in [6, 6.07) is 13.2. The van der Waals surface area contributed by atoms with E-state index in [0.29, 0.717) is 17.0 Å². The van der Waals surface area contributed by atoms with E-state index in [-0.39, 0.29) is 5.75 Å². The summed E-state index contributed by atoms with van der Waals surface area (Å²) in [7, 11) is -1.39. The van der Waals surface area contributed by atoms with Crippen LogP contribution in [0.15, 0.2) is 61.2 Å². The van der Waals surface area contributed by atoms with Gasteiger partial charge >= 0.3 is 0 Å². The van der Waals surface area contributed by atoms with Crippen molar-refractivity contribution in [1.29, 1.82) is 0 Å². The first-order chi connectivity index (χ1) is 14.9. The zero-order valence-corrected chi connectivity index (χ0v) is 17.8. The van der Waals surface area contributed by atoms with Crippen LogP contribution < -0.4 is 4.72 Å². The number of aromatic nitrogens is 5. The molecule has 8 nitrogen and oxygen atoms in total. The minimum Gasteiger partial charge on any atom is -0.344 e. The zero-order chi connectivity index (χ0) is 21.6. The van der Waals surface area contributed by atoms with Gasteiger partial charge in [-0.3, -0.25) is 4.72 Å². The Kier molecular flexibility index (Phi) is 4.48. The Bertz CT molecular complexity index is 1530. The molecule has 0 saturated carbocycles. The van der Waals surface area contributed by atoms with Crippen LogP contribution in [-0.2, 0) is 17.1 Å². The minimum atomic E-state index is -3.35. The molecule has 3 heterocycles. The van der Waals surface area contributed by atoms with E-state index in [9.17, 15) is 8.42 Å². The fourth-order valence-corrected chi connectivity index (χ4v) is 4.17. The number of aromatic amines is 1. The van der Waals surface area contributed by atoms with Gasteiger partial charge in [-0.15, -0.1) is 0 Å². The van der Waals surface area contributed by atoms with Crippen LogP contribution >= 0.6 is 0 Å².